The van der Waals surface area contributed by atoms with Gasteiger partial charge in [0.05, 0.1) is 11.2 Å². The number of benzene rings is 2. The van der Waals surface area contributed by atoms with Gasteiger partial charge in [-0.25, -0.2) is 0 Å². The molecule has 0 bridgehead atoms. The minimum Gasteiger partial charge on any atom is -0.456 e. The van der Waals surface area contributed by atoms with Gasteiger partial charge in [-0.05, 0) is 76.0 Å². The van der Waals surface area contributed by atoms with Gasteiger partial charge < -0.3 is 18.1 Å². The molecule has 0 unspecified atom stereocenters. The van der Waals surface area contributed by atoms with Gasteiger partial charge in [-0.1, -0.05) is 49.1 Å². The Morgan fingerprint density at radius 2 is 1.47 bits per heavy atom. The molecule has 1 aliphatic heterocycles. The summed E-state index contributed by atoms with van der Waals surface area (Å²) in [7, 11) is -0.496. The Hall–Kier alpha value is -3.28. The number of fused-ring (bicyclic) bond motifs is 1. The van der Waals surface area contributed by atoms with Crippen LogP contribution in [0, 0.1) is 6.92 Å². The maximum absolute atomic E-state index is 6.37. The molecule has 34 heavy (non-hydrogen) atoms. The Kier molecular flexibility index (Phi) is 5.42. The van der Waals surface area contributed by atoms with Crippen molar-refractivity contribution in [3.8, 4) is 22.6 Å². The Balaban J connectivity index is 1.64. The van der Waals surface area contributed by atoms with E-state index in [9.17, 15) is 0 Å². The van der Waals surface area contributed by atoms with E-state index in [4.69, 9.17) is 18.1 Å². The Morgan fingerprint density at radius 1 is 0.824 bits per heavy atom. The van der Waals surface area contributed by atoms with Crippen LogP contribution in [0.2, 0.25) is 0 Å². The molecular formula is C29H29BO4. The number of para-hydroxylation sites is 1. The third-order valence-corrected chi connectivity index (χ3v) is 6.82. The van der Waals surface area contributed by atoms with Crippen LogP contribution in [0.5, 0.6) is 0 Å². The predicted molar refractivity (Wildman–Crippen MR) is 139 cm³/mol. The molecule has 5 rings (SSSR count). The van der Waals surface area contributed by atoms with Crippen LogP contribution in [0.25, 0.3) is 39.7 Å². The van der Waals surface area contributed by atoms with Crippen molar-refractivity contribution in [1.29, 1.82) is 0 Å². The van der Waals surface area contributed by atoms with E-state index in [0.29, 0.717) is 0 Å². The number of aryl methyl sites for hydroxylation is 1. The lowest BCUT2D eigenvalue weighted by Gasteiger charge is -2.32. The monoisotopic (exact) mass is 452 g/mol. The fraction of sp³-hybridized carbons (Fsp3) is 0.241. The lowest BCUT2D eigenvalue weighted by Crippen LogP contribution is -2.41. The van der Waals surface area contributed by atoms with E-state index in [2.05, 4.69) is 70.7 Å². The van der Waals surface area contributed by atoms with E-state index in [1.54, 1.807) is 6.08 Å². The second kappa shape index (κ2) is 8.19. The van der Waals surface area contributed by atoms with Crippen molar-refractivity contribution in [2.75, 3.05) is 0 Å². The van der Waals surface area contributed by atoms with Gasteiger partial charge in [-0.2, -0.15) is 0 Å². The summed E-state index contributed by atoms with van der Waals surface area (Å²) in [5.74, 6) is 2.37. The van der Waals surface area contributed by atoms with Crippen molar-refractivity contribution < 1.29 is 18.1 Å². The van der Waals surface area contributed by atoms with Gasteiger partial charge in [0.2, 0.25) is 0 Å². The van der Waals surface area contributed by atoms with Crippen molar-refractivity contribution in [1.82, 2.24) is 0 Å². The van der Waals surface area contributed by atoms with Crippen LogP contribution < -0.4 is 5.46 Å². The molecule has 1 aliphatic rings. The van der Waals surface area contributed by atoms with Gasteiger partial charge in [0.1, 0.15) is 22.9 Å². The molecule has 0 atom stereocenters. The largest absolute Gasteiger partial charge is 0.494 e. The average molecular weight is 452 g/mol. The van der Waals surface area contributed by atoms with Crippen molar-refractivity contribution in [3.63, 3.8) is 0 Å². The van der Waals surface area contributed by atoms with Crippen LogP contribution >= 0.6 is 0 Å². The van der Waals surface area contributed by atoms with Crippen LogP contribution in [0.1, 0.15) is 39.0 Å². The average Bonchev–Trinajstić information content (AvgIpc) is 3.45. The van der Waals surface area contributed by atoms with Gasteiger partial charge in [0.15, 0.2) is 0 Å². The zero-order valence-electron chi connectivity index (χ0n) is 20.3. The Labute approximate surface area is 201 Å². The first-order valence-electron chi connectivity index (χ1n) is 11.6. The van der Waals surface area contributed by atoms with Crippen molar-refractivity contribution >= 4 is 29.6 Å². The number of furan rings is 2. The Bertz CT molecular complexity index is 1350. The van der Waals surface area contributed by atoms with E-state index in [0.717, 1.165) is 50.4 Å². The summed E-state index contributed by atoms with van der Waals surface area (Å²) in [5.41, 5.74) is 3.84. The molecule has 2 aromatic heterocycles. The van der Waals surface area contributed by atoms with E-state index in [1.165, 1.54) is 0 Å². The standard InChI is InChI=1S/C29H29BO4/c1-7-8-12-24-19(2)14-26(31-24)21-15-22(27-18-20-11-9-10-13-25(20)32-27)17-23(16-21)30-33-28(3,4)29(5,6)34-30/h7-18H,1H2,2-6H3/b12-8-. The highest BCUT2D eigenvalue weighted by Crippen LogP contribution is 2.38. The molecular weight excluding hydrogens is 423 g/mol. The highest BCUT2D eigenvalue weighted by atomic mass is 16.7. The summed E-state index contributed by atoms with van der Waals surface area (Å²) in [5, 5.41) is 1.06. The van der Waals surface area contributed by atoms with E-state index < -0.39 is 18.3 Å². The van der Waals surface area contributed by atoms with Crippen LogP contribution in [-0.2, 0) is 9.31 Å². The first-order valence-corrected chi connectivity index (χ1v) is 11.6. The van der Waals surface area contributed by atoms with Gasteiger partial charge in [0.25, 0.3) is 0 Å². The van der Waals surface area contributed by atoms with Gasteiger partial charge in [-0.3, -0.25) is 0 Å². The second-order valence-electron chi connectivity index (χ2n) is 9.83. The summed E-state index contributed by atoms with van der Waals surface area (Å²) in [6, 6.07) is 18.4. The van der Waals surface area contributed by atoms with E-state index >= 15 is 0 Å². The van der Waals surface area contributed by atoms with Crippen LogP contribution in [-0.4, -0.2) is 18.3 Å². The van der Waals surface area contributed by atoms with Gasteiger partial charge in [-0.15, -0.1) is 0 Å². The van der Waals surface area contributed by atoms with E-state index in [1.807, 2.05) is 37.3 Å². The third-order valence-electron chi connectivity index (χ3n) is 6.82. The minimum absolute atomic E-state index is 0.433. The highest BCUT2D eigenvalue weighted by molar-refractivity contribution is 6.62. The lowest BCUT2D eigenvalue weighted by atomic mass is 9.77. The number of hydrogen-bond donors (Lipinski definition) is 0. The van der Waals surface area contributed by atoms with Gasteiger partial charge in [0, 0.05) is 16.5 Å². The zero-order chi connectivity index (χ0) is 24.1. The molecule has 1 saturated heterocycles. The quantitative estimate of drug-likeness (QED) is 0.238. The molecule has 4 nitrogen and oxygen atoms in total. The fourth-order valence-corrected chi connectivity index (χ4v) is 4.13. The Morgan fingerprint density at radius 3 is 2.12 bits per heavy atom. The number of rotatable bonds is 5. The molecule has 0 radical (unpaired) electrons. The first kappa shape index (κ1) is 22.5. The molecule has 172 valence electrons. The summed E-state index contributed by atoms with van der Waals surface area (Å²) < 4.78 is 25.1. The summed E-state index contributed by atoms with van der Waals surface area (Å²) in [6.07, 6.45) is 5.53. The van der Waals surface area contributed by atoms with E-state index in [-0.39, 0.29) is 0 Å². The fourth-order valence-electron chi connectivity index (χ4n) is 4.13. The number of hydrogen-bond acceptors (Lipinski definition) is 4. The minimum atomic E-state index is -0.496. The smallest absolute Gasteiger partial charge is 0.456 e. The van der Waals surface area contributed by atoms with Crippen molar-refractivity contribution in [2.45, 2.75) is 45.8 Å². The van der Waals surface area contributed by atoms with Crippen LogP contribution in [0.4, 0.5) is 0 Å². The molecule has 0 saturated carbocycles. The summed E-state index contributed by atoms with van der Waals surface area (Å²) in [6.45, 7) is 14.0. The summed E-state index contributed by atoms with van der Waals surface area (Å²) >= 11 is 0. The summed E-state index contributed by atoms with van der Waals surface area (Å²) in [4.78, 5) is 0. The molecule has 0 amide bonds. The second-order valence-corrected chi connectivity index (χ2v) is 9.83. The maximum atomic E-state index is 6.37. The molecule has 3 heterocycles. The number of allylic oxidation sites excluding steroid dienone is 2. The first-order chi connectivity index (χ1) is 16.2. The topological polar surface area (TPSA) is 44.7 Å². The van der Waals surface area contributed by atoms with Gasteiger partial charge >= 0.3 is 7.12 Å². The molecule has 2 aromatic carbocycles. The SMILES string of the molecule is C=C/C=C\c1oc(-c2cc(B3OC(C)(C)C(C)(C)O3)cc(-c3cc4ccccc4o3)c2)cc1C. The zero-order valence-corrected chi connectivity index (χ0v) is 20.3. The highest BCUT2D eigenvalue weighted by Gasteiger charge is 2.51. The molecule has 4 aromatic rings. The molecule has 0 spiro atoms. The molecule has 0 N–H and O–H groups in total. The van der Waals surface area contributed by atoms with Crippen LogP contribution in [0.15, 0.2) is 82.2 Å². The third kappa shape index (κ3) is 3.95. The van der Waals surface area contributed by atoms with Crippen molar-refractivity contribution in [3.05, 3.63) is 84.7 Å². The predicted octanol–water partition coefficient (Wildman–Crippen LogP) is 7.17. The molecule has 0 aliphatic carbocycles. The molecule has 5 heteroatoms. The maximum Gasteiger partial charge on any atom is 0.494 e. The lowest BCUT2D eigenvalue weighted by molar-refractivity contribution is 0.00578. The van der Waals surface area contributed by atoms with Crippen LogP contribution in [0.3, 0.4) is 0 Å². The normalized spacial score (nSPS) is 17.1. The van der Waals surface area contributed by atoms with Crippen molar-refractivity contribution in [2.24, 2.45) is 0 Å². The molecule has 1 fully saturated rings.